The third kappa shape index (κ3) is 3.43. The normalized spacial score (nSPS) is 15.9. The molecule has 0 aromatic heterocycles. The largest absolute Gasteiger partial charge is 0.291 e. The molecule has 1 aromatic rings. The quantitative estimate of drug-likeness (QED) is 0.697. The predicted molar refractivity (Wildman–Crippen MR) is 79.4 cm³/mol. The first-order chi connectivity index (χ1) is 8.56. The summed E-state index contributed by atoms with van der Waals surface area (Å²) in [6.45, 7) is 6.37. The molecule has 0 saturated heterocycles. The van der Waals surface area contributed by atoms with Gasteiger partial charge in [0.05, 0.1) is 5.54 Å². The van der Waals surface area contributed by atoms with Crippen molar-refractivity contribution in [3.63, 3.8) is 0 Å². The van der Waals surface area contributed by atoms with Crippen LogP contribution in [0.4, 0.5) is 0 Å². The third-order valence-corrected chi connectivity index (χ3v) is 2.95. The second kappa shape index (κ2) is 5.34. The van der Waals surface area contributed by atoms with E-state index in [1.807, 2.05) is 6.21 Å². The standard InChI is InChI=1S/C17H21N/c1-17(2,3)18-13-12-15-10-6-7-11-16(15)14-8-4-5-9-14/h4-11,13-14H,12H2,1-3H3. The molecule has 0 bridgehead atoms. The molecule has 1 nitrogen and oxygen atoms in total. The van der Waals surface area contributed by atoms with Gasteiger partial charge >= 0.3 is 0 Å². The highest BCUT2D eigenvalue weighted by molar-refractivity contribution is 5.63. The zero-order valence-electron chi connectivity index (χ0n) is 11.4. The summed E-state index contributed by atoms with van der Waals surface area (Å²) in [6, 6.07) is 8.63. The highest BCUT2D eigenvalue weighted by Gasteiger charge is 2.11. The van der Waals surface area contributed by atoms with E-state index in [2.05, 4.69) is 74.3 Å². The van der Waals surface area contributed by atoms with Crippen LogP contribution in [0.2, 0.25) is 0 Å². The molecule has 0 fully saturated rings. The van der Waals surface area contributed by atoms with Gasteiger partial charge < -0.3 is 0 Å². The van der Waals surface area contributed by atoms with E-state index >= 15 is 0 Å². The number of aliphatic imine (C=N–C) groups is 1. The summed E-state index contributed by atoms with van der Waals surface area (Å²) in [5, 5.41) is 0. The van der Waals surface area contributed by atoms with Crippen LogP contribution in [0.25, 0.3) is 0 Å². The molecule has 1 aliphatic rings. The summed E-state index contributed by atoms with van der Waals surface area (Å²) >= 11 is 0. The van der Waals surface area contributed by atoms with Gasteiger partial charge in [0, 0.05) is 18.6 Å². The fourth-order valence-electron chi connectivity index (χ4n) is 2.10. The molecular formula is C17H21N. The number of allylic oxidation sites excluding steroid dienone is 4. The lowest BCUT2D eigenvalue weighted by molar-refractivity contribution is 0.585. The molecule has 0 heterocycles. The van der Waals surface area contributed by atoms with E-state index in [-0.39, 0.29) is 5.54 Å². The Balaban J connectivity index is 2.15. The summed E-state index contributed by atoms with van der Waals surface area (Å²) in [6.07, 6.45) is 11.7. The Hall–Kier alpha value is -1.63. The molecule has 0 N–H and O–H groups in total. The molecule has 1 heteroatoms. The van der Waals surface area contributed by atoms with Crippen LogP contribution in [-0.4, -0.2) is 11.8 Å². The smallest absolute Gasteiger partial charge is 0.0520 e. The van der Waals surface area contributed by atoms with Crippen molar-refractivity contribution in [2.45, 2.75) is 38.6 Å². The fraction of sp³-hybridized carbons (Fsp3) is 0.353. The van der Waals surface area contributed by atoms with Crippen molar-refractivity contribution >= 4 is 6.21 Å². The minimum Gasteiger partial charge on any atom is -0.291 e. The van der Waals surface area contributed by atoms with Crippen molar-refractivity contribution in [2.24, 2.45) is 4.99 Å². The molecule has 1 aliphatic carbocycles. The molecule has 2 rings (SSSR count). The Morgan fingerprint density at radius 3 is 2.44 bits per heavy atom. The topological polar surface area (TPSA) is 12.4 Å². The van der Waals surface area contributed by atoms with Crippen LogP contribution in [0, 0.1) is 0 Å². The zero-order chi connectivity index (χ0) is 13.0. The number of rotatable bonds is 3. The van der Waals surface area contributed by atoms with E-state index in [1.54, 1.807) is 0 Å². The van der Waals surface area contributed by atoms with E-state index in [4.69, 9.17) is 0 Å². The summed E-state index contributed by atoms with van der Waals surface area (Å²) in [7, 11) is 0. The SMILES string of the molecule is CC(C)(C)N=CCc1ccccc1C1C=CC=C1. The van der Waals surface area contributed by atoms with E-state index in [0.717, 1.165) is 6.42 Å². The summed E-state index contributed by atoms with van der Waals surface area (Å²) in [4.78, 5) is 4.56. The van der Waals surface area contributed by atoms with Crippen molar-refractivity contribution < 1.29 is 0 Å². The molecule has 94 valence electrons. The molecule has 0 amide bonds. The van der Waals surface area contributed by atoms with Gasteiger partial charge in [-0.3, -0.25) is 4.99 Å². The Kier molecular flexibility index (Phi) is 3.81. The lowest BCUT2D eigenvalue weighted by Gasteiger charge is -2.13. The molecule has 0 radical (unpaired) electrons. The Labute approximate surface area is 110 Å². The minimum absolute atomic E-state index is 0.0160. The lowest BCUT2D eigenvalue weighted by atomic mass is 9.94. The second-order valence-electron chi connectivity index (χ2n) is 5.68. The van der Waals surface area contributed by atoms with Crippen LogP contribution >= 0.6 is 0 Å². The Morgan fingerprint density at radius 1 is 1.11 bits per heavy atom. The van der Waals surface area contributed by atoms with E-state index in [0.29, 0.717) is 5.92 Å². The molecule has 0 atom stereocenters. The maximum absolute atomic E-state index is 4.56. The molecule has 0 unspecified atom stereocenters. The third-order valence-electron chi connectivity index (χ3n) is 2.95. The Morgan fingerprint density at radius 2 is 1.78 bits per heavy atom. The fourth-order valence-corrected chi connectivity index (χ4v) is 2.10. The summed E-state index contributed by atoms with van der Waals surface area (Å²) in [5.74, 6) is 0.434. The van der Waals surface area contributed by atoms with E-state index in [1.165, 1.54) is 11.1 Å². The van der Waals surface area contributed by atoms with Gasteiger partial charge in [0.1, 0.15) is 0 Å². The van der Waals surface area contributed by atoms with Crippen LogP contribution in [0.1, 0.15) is 37.8 Å². The van der Waals surface area contributed by atoms with Gasteiger partial charge in [-0.15, -0.1) is 0 Å². The highest BCUT2D eigenvalue weighted by Crippen LogP contribution is 2.26. The molecule has 0 aliphatic heterocycles. The maximum Gasteiger partial charge on any atom is 0.0520 e. The molecule has 18 heavy (non-hydrogen) atoms. The van der Waals surface area contributed by atoms with Gasteiger partial charge in [-0.2, -0.15) is 0 Å². The van der Waals surface area contributed by atoms with Gasteiger partial charge in [0.15, 0.2) is 0 Å². The first kappa shape index (κ1) is 12.8. The van der Waals surface area contributed by atoms with Crippen molar-refractivity contribution in [1.82, 2.24) is 0 Å². The second-order valence-corrected chi connectivity index (χ2v) is 5.68. The van der Waals surface area contributed by atoms with Crippen LogP contribution in [0.15, 0.2) is 53.6 Å². The van der Waals surface area contributed by atoms with Crippen molar-refractivity contribution in [3.8, 4) is 0 Å². The van der Waals surface area contributed by atoms with Gasteiger partial charge in [0.25, 0.3) is 0 Å². The van der Waals surface area contributed by atoms with Crippen molar-refractivity contribution in [1.29, 1.82) is 0 Å². The van der Waals surface area contributed by atoms with Crippen LogP contribution < -0.4 is 0 Å². The van der Waals surface area contributed by atoms with Crippen molar-refractivity contribution in [2.75, 3.05) is 0 Å². The molecule has 0 spiro atoms. The maximum atomic E-state index is 4.56. The molecule has 0 saturated carbocycles. The van der Waals surface area contributed by atoms with Gasteiger partial charge in [-0.05, 0) is 31.9 Å². The predicted octanol–water partition coefficient (Wildman–Crippen LogP) is 4.31. The first-order valence-electron chi connectivity index (χ1n) is 6.53. The lowest BCUT2D eigenvalue weighted by Crippen LogP contribution is -2.10. The van der Waals surface area contributed by atoms with Crippen molar-refractivity contribution in [3.05, 3.63) is 59.7 Å². The zero-order valence-corrected chi connectivity index (χ0v) is 11.4. The van der Waals surface area contributed by atoms with Crippen LogP contribution in [0.5, 0.6) is 0 Å². The average molecular weight is 239 g/mol. The average Bonchev–Trinajstić information content (AvgIpc) is 2.81. The van der Waals surface area contributed by atoms with Crippen LogP contribution in [-0.2, 0) is 6.42 Å². The number of hydrogen-bond donors (Lipinski definition) is 0. The first-order valence-corrected chi connectivity index (χ1v) is 6.53. The number of benzene rings is 1. The monoisotopic (exact) mass is 239 g/mol. The van der Waals surface area contributed by atoms with Crippen LogP contribution in [0.3, 0.4) is 0 Å². The number of hydrogen-bond acceptors (Lipinski definition) is 1. The highest BCUT2D eigenvalue weighted by atomic mass is 14.8. The van der Waals surface area contributed by atoms with Gasteiger partial charge in [-0.25, -0.2) is 0 Å². The minimum atomic E-state index is 0.0160. The molecule has 1 aromatic carbocycles. The van der Waals surface area contributed by atoms with E-state index in [9.17, 15) is 0 Å². The number of nitrogens with zero attached hydrogens (tertiary/aromatic N) is 1. The summed E-state index contributed by atoms with van der Waals surface area (Å²) < 4.78 is 0. The van der Waals surface area contributed by atoms with E-state index < -0.39 is 0 Å². The van der Waals surface area contributed by atoms with Gasteiger partial charge in [-0.1, -0.05) is 48.6 Å². The van der Waals surface area contributed by atoms with Gasteiger partial charge in [0.2, 0.25) is 0 Å². The molecular weight excluding hydrogens is 218 g/mol. The summed E-state index contributed by atoms with van der Waals surface area (Å²) in [5.41, 5.74) is 2.77. The Bertz CT molecular complexity index is 475.